The first kappa shape index (κ1) is 29.2. The van der Waals surface area contributed by atoms with Crippen molar-refractivity contribution in [2.24, 2.45) is 9.98 Å². The van der Waals surface area contributed by atoms with Crippen molar-refractivity contribution >= 4 is 55.2 Å². The molecule has 8 aromatic carbocycles. The van der Waals surface area contributed by atoms with E-state index in [4.69, 9.17) is 14.4 Å². The van der Waals surface area contributed by atoms with Crippen molar-refractivity contribution in [3.63, 3.8) is 0 Å². The van der Waals surface area contributed by atoms with E-state index < -0.39 is 0 Å². The average Bonchev–Trinajstić information content (AvgIpc) is 3.60. The van der Waals surface area contributed by atoms with Gasteiger partial charge in [0.1, 0.15) is 23.2 Å². The van der Waals surface area contributed by atoms with Crippen molar-refractivity contribution < 1.29 is 4.42 Å². The Bertz CT molecular complexity index is 2830. The lowest BCUT2D eigenvalue weighted by atomic mass is 9.97. The van der Waals surface area contributed by atoms with Crippen molar-refractivity contribution in [2.45, 2.75) is 6.17 Å². The van der Waals surface area contributed by atoms with E-state index in [1.165, 1.54) is 27.1 Å². The number of hydrogen-bond acceptors (Lipinski definition) is 4. The molecule has 51 heavy (non-hydrogen) atoms. The molecule has 0 fully saturated rings. The molecule has 1 unspecified atom stereocenters. The number of para-hydroxylation sites is 1. The second kappa shape index (κ2) is 12.0. The number of nitrogens with one attached hydrogen (secondary N) is 1. The van der Waals surface area contributed by atoms with Crippen LogP contribution in [0.25, 0.3) is 65.7 Å². The summed E-state index contributed by atoms with van der Waals surface area (Å²) in [5, 5.41) is 10.9. The number of nitrogens with zero attached hydrogens (tertiary/aromatic N) is 2. The van der Waals surface area contributed by atoms with Gasteiger partial charge in [0.15, 0.2) is 5.84 Å². The Hall–Kier alpha value is -6.78. The molecular weight excluding hydrogens is 623 g/mol. The van der Waals surface area contributed by atoms with Gasteiger partial charge in [0, 0.05) is 27.5 Å². The van der Waals surface area contributed by atoms with E-state index in [2.05, 4.69) is 151 Å². The van der Waals surface area contributed by atoms with Gasteiger partial charge in [-0.25, -0.2) is 9.98 Å². The highest BCUT2D eigenvalue weighted by Gasteiger charge is 2.24. The van der Waals surface area contributed by atoms with Crippen LogP contribution in [0.15, 0.2) is 190 Å². The van der Waals surface area contributed by atoms with Gasteiger partial charge in [-0.3, -0.25) is 0 Å². The summed E-state index contributed by atoms with van der Waals surface area (Å²) in [6.07, 6.45) is -0.382. The van der Waals surface area contributed by atoms with Gasteiger partial charge in [0.2, 0.25) is 0 Å². The largest absolute Gasteiger partial charge is 0.456 e. The van der Waals surface area contributed by atoms with Crippen LogP contribution >= 0.6 is 0 Å². The minimum atomic E-state index is -0.382. The van der Waals surface area contributed by atoms with E-state index in [1.54, 1.807) is 0 Å². The number of fused-ring (bicyclic) bond motifs is 6. The quantitative estimate of drug-likeness (QED) is 0.188. The minimum absolute atomic E-state index is 0.382. The molecule has 0 aliphatic carbocycles. The molecule has 4 nitrogen and oxygen atoms in total. The molecule has 10 rings (SSSR count). The van der Waals surface area contributed by atoms with Gasteiger partial charge in [-0.1, -0.05) is 152 Å². The number of benzene rings is 8. The summed E-state index contributed by atoms with van der Waals surface area (Å²) in [4.78, 5) is 10.4. The zero-order valence-corrected chi connectivity index (χ0v) is 27.6. The molecule has 1 aliphatic heterocycles. The number of amidine groups is 2. The third kappa shape index (κ3) is 5.17. The van der Waals surface area contributed by atoms with E-state index in [9.17, 15) is 0 Å². The van der Waals surface area contributed by atoms with Gasteiger partial charge >= 0.3 is 0 Å². The molecule has 1 atom stereocenters. The molecule has 1 aromatic heterocycles. The van der Waals surface area contributed by atoms with Crippen molar-refractivity contribution in [3.05, 3.63) is 193 Å². The minimum Gasteiger partial charge on any atom is -0.456 e. The van der Waals surface area contributed by atoms with Gasteiger partial charge in [-0.15, -0.1) is 0 Å². The molecule has 0 saturated heterocycles. The molecule has 4 heteroatoms. The monoisotopic (exact) mass is 653 g/mol. The van der Waals surface area contributed by atoms with Crippen molar-refractivity contribution in [2.75, 3.05) is 0 Å². The Balaban J connectivity index is 1.07. The van der Waals surface area contributed by atoms with Crippen LogP contribution in [0.4, 0.5) is 0 Å². The summed E-state index contributed by atoms with van der Waals surface area (Å²) in [6.45, 7) is 0. The summed E-state index contributed by atoms with van der Waals surface area (Å²) in [5.41, 5.74) is 9.32. The van der Waals surface area contributed by atoms with Gasteiger partial charge < -0.3 is 9.73 Å². The lowest BCUT2D eigenvalue weighted by molar-refractivity contribution is 0.662. The van der Waals surface area contributed by atoms with E-state index in [1.807, 2.05) is 30.3 Å². The SMILES string of the molecule is c1ccc(-c2cccc(C3=NC(c4ccc(-c5ccc6c(ccc7ccccc76)c5)cc4)=NC(c4cccc5oc6ccccc6c45)N3)c2)cc1. The fourth-order valence-corrected chi connectivity index (χ4v) is 7.40. The first-order chi connectivity index (χ1) is 25.2. The maximum Gasteiger partial charge on any atom is 0.159 e. The van der Waals surface area contributed by atoms with Crippen LogP contribution in [-0.2, 0) is 0 Å². The first-order valence-electron chi connectivity index (χ1n) is 17.3. The molecule has 0 spiro atoms. The van der Waals surface area contributed by atoms with E-state index in [0.29, 0.717) is 5.84 Å². The van der Waals surface area contributed by atoms with Crippen LogP contribution < -0.4 is 5.32 Å². The molecule has 9 aromatic rings. The van der Waals surface area contributed by atoms with Gasteiger partial charge in [0.25, 0.3) is 0 Å². The van der Waals surface area contributed by atoms with Crippen LogP contribution in [0.2, 0.25) is 0 Å². The maximum atomic E-state index is 6.27. The first-order valence-corrected chi connectivity index (χ1v) is 17.3. The van der Waals surface area contributed by atoms with Crippen LogP contribution in [0.1, 0.15) is 22.9 Å². The summed E-state index contributed by atoms with van der Waals surface area (Å²) in [7, 11) is 0. The Morgan fingerprint density at radius 2 is 1.06 bits per heavy atom. The Morgan fingerprint density at radius 1 is 0.431 bits per heavy atom. The number of aliphatic imine (C=N–C) groups is 2. The Kier molecular flexibility index (Phi) is 6.85. The van der Waals surface area contributed by atoms with E-state index >= 15 is 0 Å². The summed E-state index contributed by atoms with van der Waals surface area (Å²) >= 11 is 0. The standard InChI is InChI=1S/C47H31N3O/c1-2-10-30(11-3-1)34-13-8-14-37(29-34)46-48-45(49-47(50-46)41-17-9-19-43-44(41)40-16-6-7-18-42(40)51-43)33-23-20-31(21-24-33)35-26-27-39-36(28-35)25-22-32-12-4-5-15-38(32)39/h1-29,47H,(H,48,49,50). The Labute approximate surface area is 295 Å². The highest BCUT2D eigenvalue weighted by atomic mass is 16.3. The maximum absolute atomic E-state index is 6.27. The van der Waals surface area contributed by atoms with Gasteiger partial charge in [0.05, 0.1) is 0 Å². The van der Waals surface area contributed by atoms with Gasteiger partial charge in [-0.2, -0.15) is 0 Å². The highest BCUT2D eigenvalue weighted by molar-refractivity contribution is 6.14. The molecular formula is C47H31N3O. The van der Waals surface area contributed by atoms with Crippen molar-refractivity contribution in [3.8, 4) is 22.3 Å². The predicted octanol–water partition coefficient (Wildman–Crippen LogP) is 11.7. The Morgan fingerprint density at radius 3 is 1.96 bits per heavy atom. The average molecular weight is 654 g/mol. The molecule has 1 aliphatic rings. The molecule has 0 bridgehead atoms. The molecule has 1 N–H and O–H groups in total. The van der Waals surface area contributed by atoms with Gasteiger partial charge in [-0.05, 0) is 68.1 Å². The topological polar surface area (TPSA) is 49.9 Å². The molecule has 0 amide bonds. The number of rotatable bonds is 5. The van der Waals surface area contributed by atoms with E-state index in [0.717, 1.165) is 61.2 Å². The summed E-state index contributed by atoms with van der Waals surface area (Å²) < 4.78 is 6.27. The second-order valence-electron chi connectivity index (χ2n) is 13.0. The zero-order valence-electron chi connectivity index (χ0n) is 27.6. The van der Waals surface area contributed by atoms with Crippen molar-refractivity contribution in [1.29, 1.82) is 0 Å². The number of furan rings is 1. The molecule has 0 saturated carbocycles. The summed E-state index contributed by atoms with van der Waals surface area (Å²) in [5.74, 6) is 1.46. The lowest BCUT2D eigenvalue weighted by Gasteiger charge is -2.24. The smallest absolute Gasteiger partial charge is 0.159 e. The number of hydrogen-bond donors (Lipinski definition) is 1. The molecule has 2 heterocycles. The van der Waals surface area contributed by atoms with Crippen molar-refractivity contribution in [1.82, 2.24) is 5.32 Å². The summed E-state index contributed by atoms with van der Waals surface area (Å²) in [6, 6.07) is 61.7. The van der Waals surface area contributed by atoms with Crippen LogP contribution in [0.5, 0.6) is 0 Å². The fourth-order valence-electron chi connectivity index (χ4n) is 7.40. The zero-order chi connectivity index (χ0) is 33.7. The highest BCUT2D eigenvalue weighted by Crippen LogP contribution is 2.36. The van der Waals surface area contributed by atoms with E-state index in [-0.39, 0.29) is 6.17 Å². The van der Waals surface area contributed by atoms with Crippen LogP contribution in [0, 0.1) is 0 Å². The predicted molar refractivity (Wildman–Crippen MR) is 211 cm³/mol. The molecule has 0 radical (unpaired) electrons. The fraction of sp³-hybridized carbons (Fsp3) is 0.0213. The second-order valence-corrected chi connectivity index (χ2v) is 13.0. The van der Waals surface area contributed by atoms with Crippen LogP contribution in [0.3, 0.4) is 0 Å². The van der Waals surface area contributed by atoms with Crippen LogP contribution in [-0.4, -0.2) is 11.7 Å². The molecule has 240 valence electrons. The normalized spacial score (nSPS) is 14.5. The lowest BCUT2D eigenvalue weighted by Crippen LogP contribution is -2.33. The third-order valence-electron chi connectivity index (χ3n) is 9.94. The third-order valence-corrected chi connectivity index (χ3v) is 9.94.